The summed E-state index contributed by atoms with van der Waals surface area (Å²) < 4.78 is 45.4. The van der Waals surface area contributed by atoms with Gasteiger partial charge in [0.05, 0.1) is 0 Å². The van der Waals surface area contributed by atoms with Crippen LogP contribution in [0, 0.1) is 11.8 Å². The van der Waals surface area contributed by atoms with Gasteiger partial charge in [0, 0.05) is 13.1 Å². The van der Waals surface area contributed by atoms with E-state index in [1.165, 1.54) is 0 Å². The molecule has 28 heavy (non-hydrogen) atoms. The highest BCUT2D eigenvalue weighted by molar-refractivity contribution is 5.86. The van der Waals surface area contributed by atoms with E-state index in [4.69, 9.17) is 4.74 Å². The number of ether oxygens (including phenoxy) is 1. The van der Waals surface area contributed by atoms with E-state index in [0.29, 0.717) is 0 Å². The molecule has 0 aromatic heterocycles. The van der Waals surface area contributed by atoms with Crippen LogP contribution < -0.4 is 10.6 Å². The van der Waals surface area contributed by atoms with Crippen LogP contribution in [0.1, 0.15) is 40.2 Å². The molecule has 0 aliphatic heterocycles. The molecule has 1 amide bonds. The van der Waals surface area contributed by atoms with Gasteiger partial charge in [-0.05, 0) is 32.3 Å². The number of carbonyl (C=O) groups excluding carboxylic acids is 2. The summed E-state index contributed by atoms with van der Waals surface area (Å²) in [7, 11) is 0. The molecule has 1 aromatic rings. The molecule has 158 valence electrons. The minimum atomic E-state index is -4.75. The van der Waals surface area contributed by atoms with Gasteiger partial charge in [-0.25, -0.2) is 4.79 Å². The van der Waals surface area contributed by atoms with Gasteiger partial charge in [0.25, 0.3) is 0 Å². The molecular weight excluding hydrogens is 373 g/mol. The predicted octanol–water partition coefficient (Wildman–Crippen LogP) is 3.44. The molecule has 2 N–H and O–H groups in total. The molecule has 0 radical (unpaired) electrons. The third kappa shape index (κ3) is 8.29. The Morgan fingerprint density at radius 3 is 2.11 bits per heavy atom. The summed E-state index contributed by atoms with van der Waals surface area (Å²) in [6.45, 7) is 7.81. The Hall–Kier alpha value is -2.09. The number of benzene rings is 1. The van der Waals surface area contributed by atoms with Crippen molar-refractivity contribution in [1.29, 1.82) is 0 Å². The van der Waals surface area contributed by atoms with Crippen molar-refractivity contribution in [3.63, 3.8) is 0 Å². The quantitative estimate of drug-likeness (QED) is 0.654. The highest BCUT2D eigenvalue weighted by Crippen LogP contribution is 2.26. The molecule has 1 aromatic carbocycles. The Morgan fingerprint density at radius 1 is 1.07 bits per heavy atom. The number of rotatable bonds is 8. The van der Waals surface area contributed by atoms with Crippen LogP contribution in [-0.4, -0.2) is 36.2 Å². The number of hydrogen-bond donors (Lipinski definition) is 2. The molecule has 0 saturated carbocycles. The van der Waals surface area contributed by atoms with Crippen molar-refractivity contribution in [2.24, 2.45) is 11.8 Å². The van der Waals surface area contributed by atoms with Gasteiger partial charge in [-0.3, -0.25) is 4.79 Å². The zero-order valence-electron chi connectivity index (χ0n) is 16.9. The van der Waals surface area contributed by atoms with E-state index in [1.54, 1.807) is 65.0 Å². The number of hydrogen-bond acceptors (Lipinski definition) is 4. The normalized spacial score (nSPS) is 14.5. The van der Waals surface area contributed by atoms with E-state index >= 15 is 0 Å². The van der Waals surface area contributed by atoms with Gasteiger partial charge in [0.1, 0.15) is 17.6 Å². The van der Waals surface area contributed by atoms with E-state index in [2.05, 4.69) is 10.6 Å². The lowest BCUT2D eigenvalue weighted by molar-refractivity contribution is -0.184. The van der Waals surface area contributed by atoms with Crippen molar-refractivity contribution in [1.82, 2.24) is 10.6 Å². The van der Waals surface area contributed by atoms with Crippen LogP contribution in [0.2, 0.25) is 0 Å². The fraction of sp³-hybridized carbons (Fsp3) is 0.600. The van der Waals surface area contributed by atoms with Crippen molar-refractivity contribution in [3.05, 3.63) is 35.9 Å². The van der Waals surface area contributed by atoms with Gasteiger partial charge in [0.15, 0.2) is 0 Å². The van der Waals surface area contributed by atoms with Crippen molar-refractivity contribution in [2.75, 3.05) is 6.54 Å². The second-order valence-electron chi connectivity index (χ2n) is 7.97. The summed E-state index contributed by atoms with van der Waals surface area (Å²) in [5, 5.41) is 4.88. The number of amides is 1. The molecule has 0 saturated heterocycles. The van der Waals surface area contributed by atoms with Gasteiger partial charge >= 0.3 is 12.1 Å². The molecular formula is C20H29F3N2O3. The maximum atomic E-state index is 13.4. The first-order chi connectivity index (χ1) is 12.8. The van der Waals surface area contributed by atoms with Gasteiger partial charge in [-0.1, -0.05) is 44.2 Å². The van der Waals surface area contributed by atoms with Crippen LogP contribution in [0.4, 0.5) is 13.2 Å². The molecule has 1 rings (SSSR count). The summed E-state index contributed by atoms with van der Waals surface area (Å²) >= 11 is 0. The Bertz CT molecular complexity index is 640. The van der Waals surface area contributed by atoms with Gasteiger partial charge in [-0.15, -0.1) is 0 Å². The molecule has 0 fully saturated rings. The van der Waals surface area contributed by atoms with Crippen LogP contribution in [0.3, 0.4) is 0 Å². The third-order valence-electron chi connectivity index (χ3n) is 3.86. The molecule has 0 unspecified atom stereocenters. The third-order valence-corrected chi connectivity index (χ3v) is 3.86. The minimum absolute atomic E-state index is 0.195. The van der Waals surface area contributed by atoms with Crippen molar-refractivity contribution in [3.8, 4) is 0 Å². The van der Waals surface area contributed by atoms with Crippen LogP contribution in [0.5, 0.6) is 0 Å². The van der Waals surface area contributed by atoms with Crippen molar-refractivity contribution >= 4 is 11.9 Å². The van der Waals surface area contributed by atoms with Gasteiger partial charge in [-0.2, -0.15) is 13.2 Å². The summed E-state index contributed by atoms with van der Waals surface area (Å²) in [5.41, 5.74) is -0.00653. The molecule has 0 spiro atoms. The Kier molecular flexibility index (Phi) is 8.48. The minimum Gasteiger partial charge on any atom is -0.458 e. The number of carbonyl (C=O) groups is 2. The van der Waals surface area contributed by atoms with Crippen LogP contribution in [0.25, 0.3) is 0 Å². The van der Waals surface area contributed by atoms with Crippen molar-refractivity contribution in [2.45, 2.75) is 59.0 Å². The lowest BCUT2D eigenvalue weighted by Gasteiger charge is -2.28. The zero-order chi connectivity index (χ0) is 21.5. The molecule has 8 heteroatoms. The lowest BCUT2D eigenvalue weighted by atomic mass is 10.0. The maximum Gasteiger partial charge on any atom is 0.401 e. The molecule has 0 aliphatic carbocycles. The van der Waals surface area contributed by atoms with E-state index in [0.717, 1.165) is 5.56 Å². The second-order valence-corrected chi connectivity index (χ2v) is 7.97. The average Bonchev–Trinajstić information content (AvgIpc) is 2.54. The smallest absolute Gasteiger partial charge is 0.401 e. The maximum absolute atomic E-state index is 13.4. The first-order valence-electron chi connectivity index (χ1n) is 9.16. The van der Waals surface area contributed by atoms with Crippen LogP contribution >= 0.6 is 0 Å². The number of alkyl halides is 3. The SMILES string of the molecule is CC(C)[C@H](NC(=O)[C@H](CNCc1ccccc1)C(F)(F)F)C(=O)OC(C)(C)C. The largest absolute Gasteiger partial charge is 0.458 e. The number of nitrogens with one attached hydrogen (secondary N) is 2. The Balaban J connectivity index is 2.80. The molecule has 0 bridgehead atoms. The fourth-order valence-electron chi connectivity index (χ4n) is 2.43. The highest BCUT2D eigenvalue weighted by Gasteiger charge is 2.45. The zero-order valence-corrected chi connectivity index (χ0v) is 16.9. The molecule has 2 atom stereocenters. The van der Waals surface area contributed by atoms with Crippen LogP contribution in [-0.2, 0) is 20.9 Å². The predicted molar refractivity (Wildman–Crippen MR) is 100 cm³/mol. The summed E-state index contributed by atoms with van der Waals surface area (Å²) in [6.07, 6.45) is -4.75. The van der Waals surface area contributed by atoms with Gasteiger partial charge in [0.2, 0.25) is 5.91 Å². The van der Waals surface area contributed by atoms with E-state index in [1.807, 2.05) is 0 Å². The van der Waals surface area contributed by atoms with E-state index in [-0.39, 0.29) is 6.54 Å². The van der Waals surface area contributed by atoms with Crippen LogP contribution in [0.15, 0.2) is 30.3 Å². The average molecular weight is 402 g/mol. The Morgan fingerprint density at radius 2 is 1.64 bits per heavy atom. The summed E-state index contributed by atoms with van der Waals surface area (Å²) in [6, 6.07) is 7.74. The van der Waals surface area contributed by atoms with E-state index < -0.39 is 48.1 Å². The summed E-state index contributed by atoms with van der Waals surface area (Å²) in [4.78, 5) is 24.6. The standard InChI is InChI=1S/C20H29F3N2O3/c1-13(2)16(18(27)28-19(3,4)5)25-17(26)15(20(21,22)23)12-24-11-14-9-7-6-8-10-14/h6-10,13,15-16,24H,11-12H2,1-5H3,(H,25,26)/t15-,16-/m0/s1. The lowest BCUT2D eigenvalue weighted by Crippen LogP contribution is -2.53. The summed E-state index contributed by atoms with van der Waals surface area (Å²) in [5.74, 6) is -4.71. The first-order valence-corrected chi connectivity index (χ1v) is 9.16. The highest BCUT2D eigenvalue weighted by atomic mass is 19.4. The van der Waals surface area contributed by atoms with Gasteiger partial charge < -0.3 is 15.4 Å². The Labute approximate surface area is 164 Å². The second kappa shape index (κ2) is 9.91. The molecule has 0 heterocycles. The number of esters is 1. The first kappa shape index (κ1) is 23.9. The fourth-order valence-corrected chi connectivity index (χ4v) is 2.43. The topological polar surface area (TPSA) is 67.4 Å². The molecule has 5 nitrogen and oxygen atoms in total. The van der Waals surface area contributed by atoms with Crippen molar-refractivity contribution < 1.29 is 27.5 Å². The van der Waals surface area contributed by atoms with E-state index in [9.17, 15) is 22.8 Å². The molecule has 0 aliphatic rings. The monoisotopic (exact) mass is 402 g/mol. The number of halogens is 3.